The maximum Gasteiger partial charge on any atom is 0.294 e. The third-order valence-corrected chi connectivity index (χ3v) is 6.00. The molecule has 154 valence electrons. The number of hydrogen-bond donors (Lipinski definition) is 1. The average molecular weight is 423 g/mol. The molecule has 0 radical (unpaired) electrons. The molecule has 1 N–H and O–H groups in total. The summed E-state index contributed by atoms with van der Waals surface area (Å²) in [5.74, 6) is -0.638. The molecule has 30 heavy (non-hydrogen) atoms. The molecule has 0 spiro atoms. The molecule has 4 rings (SSSR count). The number of thioether (sulfide) groups is 1. The topological polar surface area (TPSA) is 81.2 Å². The smallest absolute Gasteiger partial charge is 0.294 e. The van der Waals surface area contributed by atoms with Crippen molar-refractivity contribution in [2.75, 3.05) is 37.6 Å². The van der Waals surface area contributed by atoms with E-state index in [1.165, 1.54) is 12.1 Å². The third-order valence-electron chi connectivity index (χ3n) is 5.09. The fraction of sp³-hybridized carbons (Fsp3) is 0.227. The summed E-state index contributed by atoms with van der Waals surface area (Å²) < 4.78 is 0. The molecule has 0 bridgehead atoms. The molecular formula is C22H21N3O4S. The Kier molecular flexibility index (Phi) is 5.76. The molecular weight excluding hydrogens is 402 g/mol. The van der Waals surface area contributed by atoms with Crippen LogP contribution in [0.25, 0.3) is 6.08 Å². The van der Waals surface area contributed by atoms with Gasteiger partial charge in [0.2, 0.25) is 5.91 Å². The van der Waals surface area contributed by atoms with E-state index in [1.807, 2.05) is 30.3 Å². The first kappa shape index (κ1) is 20.0. The standard InChI is InChI=1S/C22H21N3O4S/c26-18-8-4-5-16(13-18)14-19-21(28)25(22(29)30-19)15-20(27)24-11-9-23(10-12-24)17-6-2-1-3-7-17/h1-8,13-14,26H,9-12,15H2/b19-14+. The molecule has 2 heterocycles. The van der Waals surface area contributed by atoms with Crippen molar-refractivity contribution in [3.8, 4) is 5.75 Å². The Morgan fingerprint density at radius 2 is 1.73 bits per heavy atom. The predicted octanol–water partition coefficient (Wildman–Crippen LogP) is 2.78. The Morgan fingerprint density at radius 1 is 1.00 bits per heavy atom. The number of aromatic hydroxyl groups is 1. The Hall–Kier alpha value is -3.26. The molecule has 2 aliphatic heterocycles. The minimum atomic E-state index is -0.482. The van der Waals surface area contributed by atoms with E-state index in [9.17, 15) is 19.5 Å². The van der Waals surface area contributed by atoms with Crippen molar-refractivity contribution < 1.29 is 19.5 Å². The van der Waals surface area contributed by atoms with E-state index in [4.69, 9.17) is 0 Å². The largest absolute Gasteiger partial charge is 0.508 e. The second-order valence-corrected chi connectivity index (χ2v) is 8.06. The van der Waals surface area contributed by atoms with Crippen molar-refractivity contribution in [3.05, 3.63) is 65.1 Å². The summed E-state index contributed by atoms with van der Waals surface area (Å²) in [6, 6.07) is 16.4. The van der Waals surface area contributed by atoms with Gasteiger partial charge in [-0.05, 0) is 47.7 Å². The number of piperazine rings is 1. The number of imide groups is 1. The van der Waals surface area contributed by atoms with Crippen LogP contribution < -0.4 is 4.90 Å². The number of carbonyl (C=O) groups excluding carboxylic acids is 3. The zero-order valence-electron chi connectivity index (χ0n) is 16.2. The maximum absolute atomic E-state index is 12.7. The molecule has 3 amide bonds. The van der Waals surface area contributed by atoms with Gasteiger partial charge < -0.3 is 14.9 Å². The van der Waals surface area contributed by atoms with Gasteiger partial charge in [0.15, 0.2) is 0 Å². The number of para-hydroxylation sites is 1. The number of phenols is 1. The van der Waals surface area contributed by atoms with E-state index in [0.717, 1.165) is 22.3 Å². The number of rotatable bonds is 4. The van der Waals surface area contributed by atoms with Crippen LogP contribution >= 0.6 is 11.8 Å². The summed E-state index contributed by atoms with van der Waals surface area (Å²) in [7, 11) is 0. The monoisotopic (exact) mass is 423 g/mol. The number of anilines is 1. The first-order valence-corrected chi connectivity index (χ1v) is 10.4. The Bertz CT molecular complexity index is 1000. The molecule has 0 aromatic heterocycles. The number of hydrogen-bond acceptors (Lipinski definition) is 6. The zero-order chi connectivity index (χ0) is 21.1. The van der Waals surface area contributed by atoms with Gasteiger partial charge in [0.05, 0.1) is 4.91 Å². The van der Waals surface area contributed by atoms with Crippen LogP contribution in [0, 0.1) is 0 Å². The van der Waals surface area contributed by atoms with Gasteiger partial charge in [0, 0.05) is 31.9 Å². The lowest BCUT2D eigenvalue weighted by Gasteiger charge is -2.36. The molecule has 0 aliphatic carbocycles. The first-order chi connectivity index (χ1) is 14.5. The van der Waals surface area contributed by atoms with Gasteiger partial charge in [-0.3, -0.25) is 19.3 Å². The number of nitrogens with zero attached hydrogens (tertiary/aromatic N) is 3. The molecule has 8 heteroatoms. The quantitative estimate of drug-likeness (QED) is 0.762. The van der Waals surface area contributed by atoms with E-state index in [0.29, 0.717) is 31.7 Å². The normalized spacial score (nSPS) is 18.4. The number of carbonyl (C=O) groups is 3. The van der Waals surface area contributed by atoms with E-state index in [-0.39, 0.29) is 23.1 Å². The van der Waals surface area contributed by atoms with E-state index in [2.05, 4.69) is 4.90 Å². The first-order valence-electron chi connectivity index (χ1n) is 9.63. The third kappa shape index (κ3) is 4.33. The molecule has 0 unspecified atom stereocenters. The van der Waals surface area contributed by atoms with Crippen LogP contribution in [0.15, 0.2) is 59.5 Å². The molecule has 2 saturated heterocycles. The van der Waals surface area contributed by atoms with Crippen molar-refractivity contribution >= 4 is 40.6 Å². The van der Waals surface area contributed by atoms with Crippen LogP contribution in [0.4, 0.5) is 10.5 Å². The van der Waals surface area contributed by atoms with Crippen LogP contribution in [0.2, 0.25) is 0 Å². The molecule has 7 nitrogen and oxygen atoms in total. The van der Waals surface area contributed by atoms with Gasteiger partial charge in [-0.1, -0.05) is 30.3 Å². The van der Waals surface area contributed by atoms with Crippen LogP contribution in [-0.2, 0) is 9.59 Å². The van der Waals surface area contributed by atoms with Crippen LogP contribution in [0.5, 0.6) is 5.75 Å². The summed E-state index contributed by atoms with van der Waals surface area (Å²) in [6.45, 7) is 2.24. The second kappa shape index (κ2) is 8.62. The minimum Gasteiger partial charge on any atom is -0.508 e. The van der Waals surface area contributed by atoms with Gasteiger partial charge >= 0.3 is 0 Å². The van der Waals surface area contributed by atoms with Crippen molar-refractivity contribution in [1.82, 2.24) is 9.80 Å². The lowest BCUT2D eigenvalue weighted by atomic mass is 10.2. The van der Waals surface area contributed by atoms with Gasteiger partial charge in [-0.25, -0.2) is 0 Å². The summed E-state index contributed by atoms with van der Waals surface area (Å²) in [4.78, 5) is 42.8. The molecule has 2 fully saturated rings. The Morgan fingerprint density at radius 3 is 2.43 bits per heavy atom. The van der Waals surface area contributed by atoms with Crippen molar-refractivity contribution in [2.45, 2.75) is 0 Å². The fourth-order valence-electron chi connectivity index (χ4n) is 3.49. The summed E-state index contributed by atoms with van der Waals surface area (Å²) in [5.41, 5.74) is 1.73. The minimum absolute atomic E-state index is 0.0767. The van der Waals surface area contributed by atoms with Gasteiger partial charge in [-0.15, -0.1) is 0 Å². The summed E-state index contributed by atoms with van der Waals surface area (Å²) >= 11 is 0.807. The van der Waals surface area contributed by atoms with Gasteiger partial charge in [0.25, 0.3) is 11.1 Å². The highest BCUT2D eigenvalue weighted by molar-refractivity contribution is 8.18. The van der Waals surface area contributed by atoms with E-state index >= 15 is 0 Å². The van der Waals surface area contributed by atoms with Gasteiger partial charge in [0.1, 0.15) is 12.3 Å². The number of amides is 3. The Balaban J connectivity index is 1.37. The summed E-state index contributed by atoms with van der Waals surface area (Å²) in [5, 5.41) is 9.10. The van der Waals surface area contributed by atoms with Crippen molar-refractivity contribution in [3.63, 3.8) is 0 Å². The van der Waals surface area contributed by atoms with Crippen LogP contribution in [0.1, 0.15) is 5.56 Å². The lowest BCUT2D eigenvalue weighted by Crippen LogP contribution is -2.51. The molecule has 2 aliphatic rings. The zero-order valence-corrected chi connectivity index (χ0v) is 17.0. The van der Waals surface area contributed by atoms with Crippen LogP contribution in [0.3, 0.4) is 0 Å². The maximum atomic E-state index is 12.7. The van der Waals surface area contributed by atoms with Crippen molar-refractivity contribution in [2.24, 2.45) is 0 Å². The van der Waals surface area contributed by atoms with Crippen LogP contribution in [-0.4, -0.2) is 64.7 Å². The van der Waals surface area contributed by atoms with Gasteiger partial charge in [-0.2, -0.15) is 0 Å². The lowest BCUT2D eigenvalue weighted by molar-refractivity contribution is -0.136. The molecule has 2 aromatic carbocycles. The molecule has 2 aromatic rings. The molecule has 0 atom stereocenters. The Labute approximate surface area is 178 Å². The predicted molar refractivity (Wildman–Crippen MR) is 116 cm³/mol. The molecule has 0 saturated carbocycles. The fourth-order valence-corrected chi connectivity index (χ4v) is 4.33. The second-order valence-electron chi connectivity index (χ2n) is 7.07. The van der Waals surface area contributed by atoms with E-state index < -0.39 is 11.1 Å². The van der Waals surface area contributed by atoms with Crippen molar-refractivity contribution in [1.29, 1.82) is 0 Å². The number of phenolic OH excluding ortho intramolecular Hbond substituents is 1. The highest BCUT2D eigenvalue weighted by atomic mass is 32.2. The highest BCUT2D eigenvalue weighted by Crippen LogP contribution is 2.32. The SMILES string of the molecule is O=C(CN1C(=O)S/C(=C/c2cccc(O)c2)C1=O)N1CCN(c2ccccc2)CC1. The summed E-state index contributed by atoms with van der Waals surface area (Å²) in [6.07, 6.45) is 1.55. The van der Waals surface area contributed by atoms with E-state index in [1.54, 1.807) is 23.1 Å². The highest BCUT2D eigenvalue weighted by Gasteiger charge is 2.37. The average Bonchev–Trinajstić information content (AvgIpc) is 3.02. The number of benzene rings is 2.